The molecule has 0 aliphatic heterocycles. The summed E-state index contributed by atoms with van der Waals surface area (Å²) in [5.74, 6) is 1.13. The average Bonchev–Trinajstić information content (AvgIpc) is 2.92. The third-order valence-corrected chi connectivity index (χ3v) is 4.64. The number of thiophene rings is 1. The molecule has 0 unspecified atom stereocenters. The van der Waals surface area contributed by atoms with Crippen LogP contribution in [0.2, 0.25) is 0 Å². The van der Waals surface area contributed by atoms with E-state index in [2.05, 4.69) is 11.1 Å². The summed E-state index contributed by atoms with van der Waals surface area (Å²) in [5.41, 5.74) is 2.30. The lowest BCUT2D eigenvalue weighted by Crippen LogP contribution is -1.81. The fourth-order valence-electron chi connectivity index (χ4n) is 2.25. The van der Waals surface area contributed by atoms with Crippen LogP contribution in [0.3, 0.4) is 0 Å². The molecule has 0 saturated carbocycles. The molecular weight excluding hydrogens is 254 g/mol. The predicted molar refractivity (Wildman–Crippen MR) is 70.6 cm³/mol. The number of aryl methyl sites for hydroxylation is 2. The van der Waals surface area contributed by atoms with E-state index in [-0.39, 0.29) is 0 Å². The van der Waals surface area contributed by atoms with Gasteiger partial charge in [0.15, 0.2) is 0 Å². The summed E-state index contributed by atoms with van der Waals surface area (Å²) in [4.78, 5) is 7.04. The van der Waals surface area contributed by atoms with Crippen molar-refractivity contribution in [2.24, 2.45) is 0 Å². The van der Waals surface area contributed by atoms with E-state index in [1.165, 1.54) is 42.5 Å². The van der Waals surface area contributed by atoms with Gasteiger partial charge in [-0.2, -0.15) is 0 Å². The summed E-state index contributed by atoms with van der Waals surface area (Å²) in [6.07, 6.45) is 8.03. The van der Waals surface area contributed by atoms with Gasteiger partial charge in [-0.15, -0.1) is 22.9 Å². The van der Waals surface area contributed by atoms with Crippen LogP contribution in [0.15, 0.2) is 16.7 Å². The van der Waals surface area contributed by atoms with Crippen molar-refractivity contribution in [2.75, 3.05) is 0 Å². The number of hydrogen-bond donors (Lipinski definition) is 0. The fourth-order valence-corrected chi connectivity index (χ4v) is 3.56. The number of hydrogen-bond acceptors (Lipinski definition) is 3. The molecule has 17 heavy (non-hydrogen) atoms. The van der Waals surface area contributed by atoms with Crippen molar-refractivity contribution >= 4 is 22.9 Å². The Kier molecular flexibility index (Phi) is 3.21. The molecule has 90 valence electrons. The van der Waals surface area contributed by atoms with Crippen LogP contribution in [0, 0.1) is 0 Å². The molecule has 0 atom stereocenters. The van der Waals surface area contributed by atoms with Gasteiger partial charge in [0.2, 0.25) is 5.89 Å². The molecule has 0 spiro atoms. The number of rotatable bonds is 2. The van der Waals surface area contributed by atoms with Gasteiger partial charge < -0.3 is 4.42 Å². The van der Waals surface area contributed by atoms with E-state index in [0.717, 1.165) is 16.5 Å². The Morgan fingerprint density at radius 2 is 2.18 bits per heavy atom. The summed E-state index contributed by atoms with van der Waals surface area (Å²) < 4.78 is 5.47. The molecule has 1 aliphatic rings. The second-order valence-corrected chi connectivity index (χ2v) is 5.80. The number of alkyl halides is 1. The molecule has 2 nitrogen and oxygen atoms in total. The lowest BCUT2D eigenvalue weighted by atomic mass is 10.1. The first-order chi connectivity index (χ1) is 8.36. The van der Waals surface area contributed by atoms with Crippen LogP contribution in [0.5, 0.6) is 0 Å². The smallest absolute Gasteiger partial charge is 0.236 e. The Bertz CT molecular complexity index is 494. The maximum Gasteiger partial charge on any atom is 0.236 e. The van der Waals surface area contributed by atoms with E-state index in [0.29, 0.717) is 5.88 Å². The molecule has 0 N–H and O–H groups in total. The van der Waals surface area contributed by atoms with Crippen LogP contribution in [-0.2, 0) is 18.7 Å². The van der Waals surface area contributed by atoms with Crippen molar-refractivity contribution in [3.63, 3.8) is 0 Å². The molecule has 0 aromatic carbocycles. The minimum atomic E-state index is 0.411. The van der Waals surface area contributed by atoms with Crippen LogP contribution in [0.1, 0.15) is 35.4 Å². The zero-order valence-electron chi connectivity index (χ0n) is 9.54. The molecule has 0 radical (unpaired) electrons. The summed E-state index contributed by atoms with van der Waals surface area (Å²) >= 11 is 7.56. The summed E-state index contributed by atoms with van der Waals surface area (Å²) in [7, 11) is 0. The number of halogens is 1. The molecule has 2 aromatic heterocycles. The maximum atomic E-state index is 5.73. The molecule has 3 rings (SSSR count). The summed E-state index contributed by atoms with van der Waals surface area (Å²) in [6, 6.07) is 2.25. The Labute approximate surface area is 110 Å². The van der Waals surface area contributed by atoms with E-state index >= 15 is 0 Å². The van der Waals surface area contributed by atoms with E-state index in [4.69, 9.17) is 16.0 Å². The van der Waals surface area contributed by atoms with Crippen molar-refractivity contribution in [2.45, 2.75) is 38.0 Å². The third-order valence-electron chi connectivity index (χ3n) is 3.15. The van der Waals surface area contributed by atoms with Crippen LogP contribution < -0.4 is 0 Å². The number of fused-ring (bicyclic) bond motifs is 1. The second kappa shape index (κ2) is 4.83. The molecule has 2 heterocycles. The standard InChI is InChI=1S/C13H14ClNOS/c14-7-10-8-16-13(15-10)12-6-9-4-2-1-3-5-11(9)17-12/h6,8H,1-5,7H2. The average molecular weight is 268 g/mol. The Balaban J connectivity index is 1.93. The van der Waals surface area contributed by atoms with Crippen molar-refractivity contribution in [3.8, 4) is 10.8 Å². The zero-order chi connectivity index (χ0) is 11.7. The van der Waals surface area contributed by atoms with Crippen LogP contribution >= 0.6 is 22.9 Å². The van der Waals surface area contributed by atoms with Crippen molar-refractivity contribution in [3.05, 3.63) is 28.5 Å². The van der Waals surface area contributed by atoms with Gasteiger partial charge in [-0.1, -0.05) is 6.42 Å². The highest BCUT2D eigenvalue weighted by atomic mass is 35.5. The lowest BCUT2D eigenvalue weighted by Gasteiger charge is -1.92. The van der Waals surface area contributed by atoms with Gasteiger partial charge in [0.05, 0.1) is 16.5 Å². The van der Waals surface area contributed by atoms with Gasteiger partial charge in [0.25, 0.3) is 0 Å². The van der Waals surface area contributed by atoms with Gasteiger partial charge in [-0.05, 0) is 37.3 Å². The SMILES string of the molecule is ClCc1coc(-c2cc3c(s2)CCCCC3)n1. The van der Waals surface area contributed by atoms with E-state index in [1.54, 1.807) is 6.26 Å². The van der Waals surface area contributed by atoms with Crippen LogP contribution in [0.25, 0.3) is 10.8 Å². The molecule has 0 amide bonds. The van der Waals surface area contributed by atoms with Gasteiger partial charge >= 0.3 is 0 Å². The van der Waals surface area contributed by atoms with Gasteiger partial charge in [-0.3, -0.25) is 0 Å². The first-order valence-electron chi connectivity index (χ1n) is 5.99. The molecule has 4 heteroatoms. The van der Waals surface area contributed by atoms with E-state index in [9.17, 15) is 0 Å². The first kappa shape index (κ1) is 11.3. The number of oxazole rings is 1. The predicted octanol–water partition coefficient (Wildman–Crippen LogP) is 4.41. The monoisotopic (exact) mass is 267 g/mol. The zero-order valence-corrected chi connectivity index (χ0v) is 11.1. The van der Waals surface area contributed by atoms with E-state index < -0.39 is 0 Å². The van der Waals surface area contributed by atoms with Crippen LogP contribution in [-0.4, -0.2) is 4.98 Å². The molecule has 1 aliphatic carbocycles. The maximum absolute atomic E-state index is 5.73. The Morgan fingerprint density at radius 3 is 3.00 bits per heavy atom. The topological polar surface area (TPSA) is 26.0 Å². The fraction of sp³-hybridized carbons (Fsp3) is 0.462. The van der Waals surface area contributed by atoms with Crippen molar-refractivity contribution in [1.82, 2.24) is 4.98 Å². The van der Waals surface area contributed by atoms with Crippen molar-refractivity contribution in [1.29, 1.82) is 0 Å². The minimum Gasteiger partial charge on any atom is -0.444 e. The summed E-state index contributed by atoms with van der Waals surface area (Å²) in [6.45, 7) is 0. The normalized spacial score (nSPS) is 15.6. The minimum absolute atomic E-state index is 0.411. The molecular formula is C13H14ClNOS. The second-order valence-electron chi connectivity index (χ2n) is 4.40. The lowest BCUT2D eigenvalue weighted by molar-refractivity contribution is 0.575. The van der Waals surface area contributed by atoms with Crippen LogP contribution in [0.4, 0.5) is 0 Å². The Morgan fingerprint density at radius 1 is 1.29 bits per heavy atom. The highest BCUT2D eigenvalue weighted by Crippen LogP contribution is 2.34. The highest BCUT2D eigenvalue weighted by Gasteiger charge is 2.15. The number of nitrogens with zero attached hydrogens (tertiary/aromatic N) is 1. The largest absolute Gasteiger partial charge is 0.444 e. The van der Waals surface area contributed by atoms with Crippen molar-refractivity contribution < 1.29 is 4.42 Å². The quantitative estimate of drug-likeness (QED) is 0.595. The Hall–Kier alpha value is -0.800. The molecule has 0 saturated heterocycles. The molecule has 2 aromatic rings. The van der Waals surface area contributed by atoms with E-state index in [1.807, 2.05) is 11.3 Å². The number of aromatic nitrogens is 1. The summed E-state index contributed by atoms with van der Waals surface area (Å²) in [5, 5.41) is 0. The highest BCUT2D eigenvalue weighted by molar-refractivity contribution is 7.15. The third kappa shape index (κ3) is 2.26. The van der Waals surface area contributed by atoms with Gasteiger partial charge in [0, 0.05) is 4.88 Å². The first-order valence-corrected chi connectivity index (χ1v) is 7.34. The van der Waals surface area contributed by atoms with Gasteiger partial charge in [-0.25, -0.2) is 4.98 Å². The molecule has 0 fully saturated rings. The van der Waals surface area contributed by atoms with Gasteiger partial charge in [0.1, 0.15) is 6.26 Å². The molecule has 0 bridgehead atoms.